The Morgan fingerprint density at radius 2 is 1.76 bits per heavy atom. The van der Waals surface area contributed by atoms with Crippen LogP contribution in [-0.2, 0) is 14.3 Å². The molecule has 1 aliphatic heterocycles. The number of carbonyl (C=O) groups is 2. The minimum Gasteiger partial charge on any atom is -0.481 e. The van der Waals surface area contributed by atoms with Crippen molar-refractivity contribution >= 4 is 11.9 Å². The lowest BCUT2D eigenvalue weighted by atomic mass is 9.66. The van der Waals surface area contributed by atoms with E-state index in [9.17, 15) is 9.59 Å². The first kappa shape index (κ1) is 13.6. The quantitative estimate of drug-likeness (QED) is 0.830. The smallest absolute Gasteiger partial charge is 0.306 e. The molecule has 1 unspecified atom stereocenters. The minimum absolute atomic E-state index is 0.164. The summed E-state index contributed by atoms with van der Waals surface area (Å²) >= 11 is 0. The highest BCUT2D eigenvalue weighted by molar-refractivity contribution is 5.80. The minimum atomic E-state index is -0.723. The summed E-state index contributed by atoms with van der Waals surface area (Å²) in [4.78, 5) is 23.2. The van der Waals surface area contributed by atoms with Crippen molar-refractivity contribution in [1.82, 2.24) is 5.32 Å². The van der Waals surface area contributed by atoms with Crippen molar-refractivity contribution in [2.75, 3.05) is 6.61 Å². The number of hydrogen-bond acceptors (Lipinski definition) is 3. The number of carboxylic acid groups (broad SMARTS) is 1. The van der Waals surface area contributed by atoms with Gasteiger partial charge in [0.25, 0.3) is 0 Å². The third kappa shape index (κ3) is 2.35. The second-order valence-corrected chi connectivity index (χ2v) is 7.78. The van der Waals surface area contributed by atoms with E-state index in [1.165, 1.54) is 12.8 Å². The van der Waals surface area contributed by atoms with Gasteiger partial charge in [-0.05, 0) is 56.8 Å². The SMILES string of the molecule is O=C(O)C1CC2(CC(NC(=O)C3CC4(CC4)C3)CCO2)C1. The molecule has 4 aliphatic rings. The van der Waals surface area contributed by atoms with Gasteiger partial charge in [-0.3, -0.25) is 9.59 Å². The van der Waals surface area contributed by atoms with E-state index in [0.29, 0.717) is 24.9 Å². The monoisotopic (exact) mass is 293 g/mol. The number of carbonyl (C=O) groups excluding carboxylic acids is 1. The van der Waals surface area contributed by atoms with Gasteiger partial charge >= 0.3 is 5.97 Å². The normalized spacial score (nSPS) is 35.8. The molecule has 0 aromatic heterocycles. The van der Waals surface area contributed by atoms with E-state index in [1.54, 1.807) is 0 Å². The second kappa shape index (κ2) is 4.45. The summed E-state index contributed by atoms with van der Waals surface area (Å²) in [7, 11) is 0. The van der Waals surface area contributed by atoms with E-state index < -0.39 is 5.97 Å². The first-order chi connectivity index (χ1) is 9.99. The van der Waals surface area contributed by atoms with Crippen LogP contribution < -0.4 is 5.32 Å². The molecule has 4 rings (SSSR count). The molecule has 4 fully saturated rings. The van der Waals surface area contributed by atoms with E-state index in [-0.39, 0.29) is 29.4 Å². The summed E-state index contributed by atoms with van der Waals surface area (Å²) in [5, 5.41) is 12.2. The maximum absolute atomic E-state index is 12.3. The second-order valence-electron chi connectivity index (χ2n) is 7.78. The van der Waals surface area contributed by atoms with Gasteiger partial charge in [-0.25, -0.2) is 0 Å². The molecule has 21 heavy (non-hydrogen) atoms. The molecule has 0 radical (unpaired) electrons. The molecule has 1 heterocycles. The van der Waals surface area contributed by atoms with Crippen LogP contribution in [0.2, 0.25) is 0 Å². The molecule has 0 bridgehead atoms. The Morgan fingerprint density at radius 3 is 2.38 bits per heavy atom. The van der Waals surface area contributed by atoms with Gasteiger partial charge in [-0.15, -0.1) is 0 Å². The molecule has 0 aromatic carbocycles. The third-order valence-corrected chi connectivity index (χ3v) is 6.11. The van der Waals surface area contributed by atoms with Crippen LogP contribution >= 0.6 is 0 Å². The van der Waals surface area contributed by atoms with Gasteiger partial charge in [0.15, 0.2) is 0 Å². The molecule has 5 nitrogen and oxygen atoms in total. The number of hydrogen-bond donors (Lipinski definition) is 2. The van der Waals surface area contributed by atoms with Crippen molar-refractivity contribution in [3.63, 3.8) is 0 Å². The van der Waals surface area contributed by atoms with E-state index in [1.807, 2.05) is 0 Å². The first-order valence-electron chi connectivity index (χ1n) is 8.17. The zero-order valence-corrected chi connectivity index (χ0v) is 12.3. The number of carboxylic acids is 1. The largest absolute Gasteiger partial charge is 0.481 e. The Kier molecular flexibility index (Phi) is 2.87. The van der Waals surface area contributed by atoms with Gasteiger partial charge in [0.2, 0.25) is 5.91 Å². The van der Waals surface area contributed by atoms with Crippen LogP contribution in [-0.4, -0.2) is 35.2 Å². The number of nitrogens with one attached hydrogen (secondary N) is 1. The lowest BCUT2D eigenvalue weighted by Gasteiger charge is -2.50. The third-order valence-electron chi connectivity index (χ3n) is 6.11. The molecule has 2 N–H and O–H groups in total. The van der Waals surface area contributed by atoms with Gasteiger partial charge in [0, 0.05) is 18.6 Å². The fourth-order valence-electron chi connectivity index (χ4n) is 4.52. The molecule has 1 saturated heterocycles. The summed E-state index contributed by atoms with van der Waals surface area (Å²) < 4.78 is 5.82. The van der Waals surface area contributed by atoms with Gasteiger partial charge in [0.1, 0.15) is 0 Å². The van der Waals surface area contributed by atoms with Crippen LogP contribution in [0, 0.1) is 17.3 Å². The molecule has 5 heteroatoms. The van der Waals surface area contributed by atoms with Crippen molar-refractivity contribution in [3.05, 3.63) is 0 Å². The van der Waals surface area contributed by atoms with Gasteiger partial charge in [0.05, 0.1) is 11.5 Å². The average molecular weight is 293 g/mol. The molecule has 1 amide bonds. The Bertz CT molecular complexity index is 471. The summed E-state index contributed by atoms with van der Waals surface area (Å²) in [6, 6.07) is 0.164. The van der Waals surface area contributed by atoms with Crippen LogP contribution in [0.1, 0.15) is 51.4 Å². The molecule has 3 saturated carbocycles. The van der Waals surface area contributed by atoms with Crippen LogP contribution in [0.5, 0.6) is 0 Å². The zero-order valence-electron chi connectivity index (χ0n) is 12.3. The molecule has 1 atom stereocenters. The Labute approximate surface area is 124 Å². The molecular formula is C16H23NO4. The standard InChI is InChI=1S/C16H23NO4/c18-13(10-5-15(6-10)2-3-15)17-12-1-4-21-16(9-12)7-11(8-16)14(19)20/h10-12H,1-9H2,(H,17,18)(H,19,20). The van der Waals surface area contributed by atoms with E-state index >= 15 is 0 Å². The van der Waals surface area contributed by atoms with Crippen molar-refractivity contribution in [3.8, 4) is 0 Å². The fraction of sp³-hybridized carbons (Fsp3) is 0.875. The highest BCUT2D eigenvalue weighted by Crippen LogP contribution is 2.63. The number of rotatable bonds is 3. The van der Waals surface area contributed by atoms with Crippen LogP contribution in [0.4, 0.5) is 0 Å². The van der Waals surface area contributed by atoms with Crippen molar-refractivity contribution < 1.29 is 19.4 Å². The number of aliphatic carboxylic acids is 1. The van der Waals surface area contributed by atoms with Crippen molar-refractivity contribution in [1.29, 1.82) is 0 Å². The number of amides is 1. The Hall–Kier alpha value is -1.10. The summed E-state index contributed by atoms with van der Waals surface area (Å²) in [5.74, 6) is -0.552. The molecule has 0 aromatic rings. The maximum atomic E-state index is 12.3. The summed E-state index contributed by atoms with van der Waals surface area (Å²) in [6.07, 6.45) is 7.61. The van der Waals surface area contributed by atoms with Gasteiger partial charge < -0.3 is 15.2 Å². The first-order valence-corrected chi connectivity index (χ1v) is 8.17. The van der Waals surface area contributed by atoms with Crippen molar-refractivity contribution in [2.24, 2.45) is 17.3 Å². The van der Waals surface area contributed by atoms with E-state index in [0.717, 1.165) is 25.7 Å². The fourth-order valence-corrected chi connectivity index (χ4v) is 4.52. The van der Waals surface area contributed by atoms with Gasteiger partial charge in [-0.2, -0.15) is 0 Å². The van der Waals surface area contributed by atoms with E-state index in [4.69, 9.17) is 9.84 Å². The van der Waals surface area contributed by atoms with Crippen LogP contribution in [0.15, 0.2) is 0 Å². The van der Waals surface area contributed by atoms with E-state index in [2.05, 4.69) is 5.32 Å². The average Bonchev–Trinajstić information content (AvgIpc) is 3.14. The van der Waals surface area contributed by atoms with Crippen LogP contribution in [0.25, 0.3) is 0 Å². The Morgan fingerprint density at radius 1 is 1.05 bits per heavy atom. The highest BCUT2D eigenvalue weighted by atomic mass is 16.5. The highest BCUT2D eigenvalue weighted by Gasteiger charge is 2.55. The van der Waals surface area contributed by atoms with Crippen molar-refractivity contribution in [2.45, 2.75) is 63.0 Å². The predicted octanol–water partition coefficient (Wildman–Crippen LogP) is 1.71. The summed E-state index contributed by atoms with van der Waals surface area (Å²) in [5.41, 5.74) is 0.276. The lowest BCUT2D eigenvalue weighted by Crippen LogP contribution is -2.57. The Balaban J connectivity index is 1.28. The van der Waals surface area contributed by atoms with Gasteiger partial charge in [-0.1, -0.05) is 0 Å². The zero-order chi connectivity index (χ0) is 14.7. The topological polar surface area (TPSA) is 75.6 Å². The molecular weight excluding hydrogens is 270 g/mol. The maximum Gasteiger partial charge on any atom is 0.306 e. The van der Waals surface area contributed by atoms with Crippen LogP contribution in [0.3, 0.4) is 0 Å². The lowest BCUT2D eigenvalue weighted by molar-refractivity contribution is -0.182. The summed E-state index contributed by atoms with van der Waals surface area (Å²) in [6.45, 7) is 0.631. The predicted molar refractivity (Wildman–Crippen MR) is 74.6 cm³/mol. The molecule has 2 spiro atoms. The molecule has 116 valence electrons. The number of ether oxygens (including phenoxy) is 1. The molecule has 3 aliphatic carbocycles.